The number of hydrogen-bond donors (Lipinski definition) is 1. The monoisotopic (exact) mass is 384 g/mol. The van der Waals surface area contributed by atoms with Gasteiger partial charge in [0.1, 0.15) is 0 Å². The Morgan fingerprint density at radius 3 is 2.55 bits per heavy atom. The van der Waals surface area contributed by atoms with Crippen molar-refractivity contribution >= 4 is 16.8 Å². The zero-order chi connectivity index (χ0) is 20.1. The average molecular weight is 384 g/mol. The number of carbonyl (C=O) groups is 1. The Bertz CT molecular complexity index is 1180. The summed E-state index contributed by atoms with van der Waals surface area (Å²) in [5.74, 6) is 1.50. The molecule has 0 spiro atoms. The summed E-state index contributed by atoms with van der Waals surface area (Å²) >= 11 is 0. The fourth-order valence-electron chi connectivity index (χ4n) is 4.36. The zero-order valence-electron chi connectivity index (χ0n) is 16.9. The highest BCUT2D eigenvalue weighted by molar-refractivity contribution is 6.00. The molecule has 0 radical (unpaired) electrons. The summed E-state index contributed by atoms with van der Waals surface area (Å²) in [5, 5.41) is 4.68. The van der Waals surface area contributed by atoms with E-state index in [9.17, 15) is 4.79 Å². The predicted molar refractivity (Wildman–Crippen MR) is 114 cm³/mol. The van der Waals surface area contributed by atoms with Crippen LogP contribution in [0.1, 0.15) is 65.0 Å². The van der Waals surface area contributed by atoms with Gasteiger partial charge in [-0.1, -0.05) is 50.2 Å². The average Bonchev–Trinajstić information content (AvgIpc) is 3.29. The van der Waals surface area contributed by atoms with E-state index in [-0.39, 0.29) is 11.7 Å². The molecule has 1 aliphatic carbocycles. The van der Waals surface area contributed by atoms with Crippen molar-refractivity contribution in [1.29, 1.82) is 0 Å². The molecule has 1 aliphatic rings. The first-order valence-corrected chi connectivity index (χ1v) is 10.2. The summed E-state index contributed by atoms with van der Waals surface area (Å²) < 4.78 is 1.83. The molecule has 0 amide bonds. The number of benzene rings is 2. The summed E-state index contributed by atoms with van der Waals surface area (Å²) in [6.07, 6.45) is 1.31. The molecule has 5 heteroatoms. The maximum Gasteiger partial charge on any atom is 0.229 e. The molecule has 2 aromatic carbocycles. The number of aryl methyl sites for hydroxylation is 1. The van der Waals surface area contributed by atoms with Gasteiger partial charge in [0.05, 0.1) is 28.0 Å². The topological polar surface area (TPSA) is 63.6 Å². The van der Waals surface area contributed by atoms with E-state index in [1.54, 1.807) is 0 Å². The summed E-state index contributed by atoms with van der Waals surface area (Å²) in [5.41, 5.74) is 6.89. The molecular weight excluding hydrogens is 360 g/mol. The van der Waals surface area contributed by atoms with Crippen LogP contribution in [-0.2, 0) is 6.42 Å². The first-order chi connectivity index (χ1) is 14.0. The summed E-state index contributed by atoms with van der Waals surface area (Å²) in [6, 6.07) is 16.6. The van der Waals surface area contributed by atoms with Gasteiger partial charge < -0.3 is 4.98 Å². The molecule has 2 heterocycles. The number of carbonyl (C=O) groups excluding carboxylic acids is 1. The number of fused-ring (bicyclic) bond motifs is 2. The lowest BCUT2D eigenvalue weighted by atomic mass is 9.81. The quantitative estimate of drug-likeness (QED) is 0.535. The molecule has 5 nitrogen and oxygen atoms in total. The Morgan fingerprint density at radius 1 is 1.07 bits per heavy atom. The Kier molecular flexibility index (Phi) is 4.12. The maximum atomic E-state index is 13.0. The van der Waals surface area contributed by atoms with Crippen LogP contribution in [0.25, 0.3) is 17.0 Å². The van der Waals surface area contributed by atoms with Crippen LogP contribution < -0.4 is 0 Å². The Morgan fingerprint density at radius 2 is 1.83 bits per heavy atom. The van der Waals surface area contributed by atoms with Crippen LogP contribution >= 0.6 is 0 Å². The van der Waals surface area contributed by atoms with Crippen LogP contribution in [0.3, 0.4) is 0 Å². The number of nitrogens with one attached hydrogen (secondary N) is 1. The second kappa shape index (κ2) is 6.69. The molecule has 1 N–H and O–H groups in total. The van der Waals surface area contributed by atoms with E-state index >= 15 is 0 Å². The fourth-order valence-corrected chi connectivity index (χ4v) is 4.36. The fraction of sp³-hybridized carbons (Fsp3) is 0.292. The summed E-state index contributed by atoms with van der Waals surface area (Å²) in [6.45, 7) is 6.30. The van der Waals surface area contributed by atoms with Gasteiger partial charge in [0.25, 0.3) is 0 Å². The molecule has 2 aromatic heterocycles. The molecule has 4 aromatic rings. The van der Waals surface area contributed by atoms with E-state index in [0.717, 1.165) is 34.4 Å². The molecule has 5 rings (SSSR count). The van der Waals surface area contributed by atoms with E-state index in [0.29, 0.717) is 18.3 Å². The number of nitrogens with zero attached hydrogens (tertiary/aromatic N) is 3. The van der Waals surface area contributed by atoms with E-state index in [1.165, 1.54) is 11.1 Å². The number of ketones is 1. The molecule has 0 aliphatic heterocycles. The first kappa shape index (κ1) is 17.9. The second-order valence-corrected chi connectivity index (χ2v) is 8.25. The standard InChI is InChI=1S/C24H24N4O/c1-14(2)16-8-10-17(11-9-16)18-12-21-23(22(29)13-18)15(3)27-28(21)24-25-19-6-4-5-7-20(19)26-24/h4-11,14,18H,12-13H2,1-3H3,(H,25,26)/t18-/m1/s1. The molecule has 1 atom stereocenters. The van der Waals surface area contributed by atoms with Gasteiger partial charge in [0, 0.05) is 6.42 Å². The lowest BCUT2D eigenvalue weighted by Crippen LogP contribution is -2.21. The minimum atomic E-state index is 0.162. The third-order valence-electron chi connectivity index (χ3n) is 5.96. The maximum absolute atomic E-state index is 13.0. The van der Waals surface area contributed by atoms with Gasteiger partial charge in [-0.25, -0.2) is 9.67 Å². The number of para-hydroxylation sites is 2. The highest BCUT2D eigenvalue weighted by Crippen LogP contribution is 2.35. The largest absolute Gasteiger partial charge is 0.322 e. The van der Waals surface area contributed by atoms with Crippen LogP contribution in [0.4, 0.5) is 0 Å². The van der Waals surface area contributed by atoms with Crippen molar-refractivity contribution in [1.82, 2.24) is 19.7 Å². The molecule has 0 fully saturated rings. The summed E-state index contributed by atoms with van der Waals surface area (Å²) in [7, 11) is 0. The number of H-pyrrole nitrogens is 1. The lowest BCUT2D eigenvalue weighted by Gasteiger charge is -2.23. The third-order valence-corrected chi connectivity index (χ3v) is 5.96. The van der Waals surface area contributed by atoms with Crippen molar-refractivity contribution in [2.75, 3.05) is 0 Å². The van der Waals surface area contributed by atoms with Crippen molar-refractivity contribution in [3.63, 3.8) is 0 Å². The minimum absolute atomic E-state index is 0.162. The molecular formula is C24H24N4O. The van der Waals surface area contributed by atoms with Crippen molar-refractivity contribution in [2.45, 2.75) is 45.4 Å². The van der Waals surface area contributed by atoms with Crippen LogP contribution in [0, 0.1) is 6.92 Å². The summed E-state index contributed by atoms with van der Waals surface area (Å²) in [4.78, 5) is 21.0. The van der Waals surface area contributed by atoms with E-state index < -0.39 is 0 Å². The molecule has 0 bridgehead atoms. The molecule has 146 valence electrons. The van der Waals surface area contributed by atoms with Crippen LogP contribution in [0.2, 0.25) is 0 Å². The van der Waals surface area contributed by atoms with Gasteiger partial charge in [0.15, 0.2) is 5.78 Å². The minimum Gasteiger partial charge on any atom is -0.322 e. The number of aromatic amines is 1. The normalized spacial score (nSPS) is 16.6. The molecule has 0 unspecified atom stereocenters. The van der Waals surface area contributed by atoms with Crippen LogP contribution in [-0.4, -0.2) is 25.5 Å². The van der Waals surface area contributed by atoms with Crippen LogP contribution in [0.15, 0.2) is 48.5 Å². The smallest absolute Gasteiger partial charge is 0.229 e. The molecule has 29 heavy (non-hydrogen) atoms. The Hall–Kier alpha value is -3.21. The van der Waals surface area contributed by atoms with Crippen molar-refractivity contribution in [3.8, 4) is 5.95 Å². The van der Waals surface area contributed by atoms with E-state index in [2.05, 4.69) is 48.2 Å². The van der Waals surface area contributed by atoms with Crippen molar-refractivity contribution in [3.05, 3.63) is 76.6 Å². The van der Waals surface area contributed by atoms with Gasteiger partial charge in [-0.2, -0.15) is 5.10 Å². The van der Waals surface area contributed by atoms with Gasteiger partial charge in [0.2, 0.25) is 5.95 Å². The number of hydrogen-bond acceptors (Lipinski definition) is 3. The first-order valence-electron chi connectivity index (χ1n) is 10.2. The second-order valence-electron chi connectivity index (χ2n) is 8.25. The number of imidazole rings is 1. The van der Waals surface area contributed by atoms with Gasteiger partial charge in [-0.05, 0) is 48.4 Å². The highest BCUT2D eigenvalue weighted by Gasteiger charge is 2.32. The SMILES string of the molecule is Cc1nn(-c2nc3ccccc3[nH]2)c2c1C(=O)C[C@H](c1ccc(C(C)C)cc1)C2. The van der Waals surface area contributed by atoms with Crippen LogP contribution in [0.5, 0.6) is 0 Å². The number of Topliss-reactive ketones (excluding diaryl/α,β-unsaturated/α-hetero) is 1. The van der Waals surface area contributed by atoms with Gasteiger partial charge in [-0.15, -0.1) is 0 Å². The predicted octanol–water partition coefficient (Wildman–Crippen LogP) is 5.09. The van der Waals surface area contributed by atoms with Gasteiger partial charge in [-0.3, -0.25) is 4.79 Å². The third kappa shape index (κ3) is 2.97. The highest BCUT2D eigenvalue weighted by atomic mass is 16.1. The number of rotatable bonds is 3. The van der Waals surface area contributed by atoms with Crippen molar-refractivity contribution < 1.29 is 4.79 Å². The zero-order valence-corrected chi connectivity index (χ0v) is 16.9. The van der Waals surface area contributed by atoms with E-state index in [1.807, 2.05) is 35.9 Å². The molecule has 0 saturated heterocycles. The van der Waals surface area contributed by atoms with Crippen molar-refractivity contribution in [2.24, 2.45) is 0 Å². The number of aromatic nitrogens is 4. The van der Waals surface area contributed by atoms with Gasteiger partial charge >= 0.3 is 0 Å². The Balaban J connectivity index is 1.56. The molecule has 0 saturated carbocycles. The Labute approximate surface area is 169 Å². The lowest BCUT2D eigenvalue weighted by molar-refractivity contribution is 0.0963. The van der Waals surface area contributed by atoms with E-state index in [4.69, 9.17) is 4.98 Å².